The summed E-state index contributed by atoms with van der Waals surface area (Å²) in [6, 6.07) is 4.12. The number of imidazole rings is 2. The van der Waals surface area contributed by atoms with E-state index >= 15 is 0 Å². The van der Waals surface area contributed by atoms with Crippen molar-refractivity contribution in [2.45, 2.75) is 102 Å². The number of hydrogen-bond donors (Lipinski definition) is 3. The highest BCUT2D eigenvalue weighted by molar-refractivity contribution is 8.13. The molecule has 6 aliphatic carbocycles. The second-order valence-electron chi connectivity index (χ2n) is 15.6. The molecule has 0 unspecified atom stereocenters. The highest BCUT2D eigenvalue weighted by Crippen LogP contribution is 2.72. The average molecular weight is 770 g/mol. The van der Waals surface area contributed by atoms with Gasteiger partial charge in [-0.15, -0.1) is 0 Å². The van der Waals surface area contributed by atoms with Crippen LogP contribution in [0, 0.1) is 5.41 Å². The molecule has 6 heterocycles. The molecule has 0 saturated heterocycles. The largest absolute Gasteiger partial charge is 0.346 e. The Hall–Kier alpha value is -3.53. The van der Waals surface area contributed by atoms with Crippen molar-refractivity contribution in [2.24, 2.45) is 11.1 Å². The first-order chi connectivity index (χ1) is 24.2. The van der Waals surface area contributed by atoms with Crippen LogP contribution < -0.4 is 5.73 Å². The molecule has 6 fully saturated rings. The van der Waals surface area contributed by atoms with Crippen molar-refractivity contribution in [3.63, 3.8) is 0 Å². The van der Waals surface area contributed by atoms with Gasteiger partial charge in [-0.1, -0.05) is 34.1 Å². The summed E-state index contributed by atoms with van der Waals surface area (Å²) in [7, 11) is -1.26. The Morgan fingerprint density at radius 3 is 1.63 bits per heavy atom. The number of aromatic nitrogens is 8. The third kappa shape index (κ3) is 6.20. The van der Waals surface area contributed by atoms with E-state index in [2.05, 4.69) is 45.1 Å². The van der Waals surface area contributed by atoms with Gasteiger partial charge in [0, 0.05) is 44.9 Å². The van der Waals surface area contributed by atoms with Crippen LogP contribution in [-0.2, 0) is 30.0 Å². The summed E-state index contributed by atoms with van der Waals surface area (Å²) in [4.78, 5) is 24.1. The lowest BCUT2D eigenvalue weighted by atomic mass is 9.40. The molecule has 0 atom stereocenters. The molecule has 0 radical (unpaired) electrons. The van der Waals surface area contributed by atoms with Gasteiger partial charge >= 0.3 is 0 Å². The summed E-state index contributed by atoms with van der Waals surface area (Å²) >= 11 is 0. The zero-order chi connectivity index (χ0) is 35.9. The van der Waals surface area contributed by atoms with Crippen molar-refractivity contribution in [3.8, 4) is 0 Å². The Labute approximate surface area is 308 Å². The van der Waals surface area contributed by atoms with Gasteiger partial charge in [-0.2, -0.15) is 0 Å². The highest BCUT2D eigenvalue weighted by atomic mass is 35.7. The van der Waals surface area contributed by atoms with Gasteiger partial charge in [-0.05, 0) is 68.9 Å². The third-order valence-corrected chi connectivity index (χ3v) is 14.6. The Bertz CT molecular complexity index is 2460. The zero-order valence-electron chi connectivity index (χ0n) is 28.9. The van der Waals surface area contributed by atoms with Crippen LogP contribution in [0.2, 0.25) is 0 Å². The number of nitrogens with zero attached hydrogens (tertiary/aromatic N) is 6. The van der Waals surface area contributed by atoms with E-state index in [1.807, 2.05) is 51.2 Å². The lowest BCUT2D eigenvalue weighted by molar-refractivity contribution is -0.168. The number of sulfone groups is 1. The predicted molar refractivity (Wildman–Crippen MR) is 207 cm³/mol. The summed E-state index contributed by atoms with van der Waals surface area (Å²) in [5.74, 6) is 0.794. The monoisotopic (exact) mass is 769 g/mol. The Balaban J connectivity index is 0.000000136. The molecule has 4 N–H and O–H groups in total. The van der Waals surface area contributed by atoms with Crippen molar-refractivity contribution in [1.29, 1.82) is 0 Å². The van der Waals surface area contributed by atoms with Crippen LogP contribution in [0.5, 0.6) is 0 Å². The fraction of sp³-hybridized carbons (Fsp3) is 0.556. The smallest absolute Gasteiger partial charge is 0.232 e. The number of rotatable bonds is 10. The fourth-order valence-corrected chi connectivity index (χ4v) is 12.4. The fourth-order valence-electron chi connectivity index (χ4n) is 9.37. The van der Waals surface area contributed by atoms with Crippen molar-refractivity contribution < 1.29 is 16.8 Å². The number of pyridine rings is 2. The van der Waals surface area contributed by atoms with Gasteiger partial charge in [0.15, 0.2) is 9.84 Å². The van der Waals surface area contributed by atoms with Crippen molar-refractivity contribution in [2.75, 3.05) is 17.3 Å². The predicted octanol–water partition coefficient (Wildman–Crippen LogP) is 6.50. The molecule has 12 rings (SSSR count). The van der Waals surface area contributed by atoms with Crippen LogP contribution >= 0.6 is 10.7 Å². The van der Waals surface area contributed by atoms with Crippen LogP contribution in [0.4, 0.5) is 0 Å². The maximum Gasteiger partial charge on any atom is 0.232 e. The minimum Gasteiger partial charge on any atom is -0.346 e. The lowest BCUT2D eigenvalue weighted by Gasteiger charge is -2.71. The van der Waals surface area contributed by atoms with Crippen LogP contribution in [0.25, 0.3) is 44.1 Å². The first kappa shape index (κ1) is 36.8. The second kappa shape index (κ2) is 12.8. The third-order valence-electron chi connectivity index (χ3n) is 11.4. The molecule has 4 bridgehead atoms. The van der Waals surface area contributed by atoms with Crippen LogP contribution in [0.1, 0.15) is 85.5 Å². The number of H-pyrrole nitrogens is 2. The molecule has 0 spiro atoms. The standard InChI is InChI=1S/C18H22N4O2S.C13H13N5.C4H9ClO2S.CH4/c1-2-3-6-25(23,24)11-17-8-18(9-17,10-17)22-12-21-14-7-20-16-13(15(14)22)4-5-19-16;14-12-4-13(5-12,6-12)18-7-17-9-3-16-11-8(10(9)18)1-2-15-11;1-2-3-4-8(5,6)7;/h4-5,7,12H,2-3,6,8-11H2,1H3,(H,19,20);1-3,7H,4-6,14H2,(H,15,16);2-4H2,1H3;1H4. The SMILES string of the molecule is C.CCCCS(=O)(=O)CC12CC(n3cnc4cnc5[nH]ccc5c43)(C1)C2.CCCCS(=O)(=O)Cl.NC12CC(n3cnc4cnc5[nH]ccc5c43)(C1)C2. The molecule has 280 valence electrons. The van der Waals surface area contributed by atoms with Crippen LogP contribution in [-0.4, -0.2) is 78.7 Å². The minimum atomic E-state index is -3.21. The van der Waals surface area contributed by atoms with Gasteiger partial charge in [-0.3, -0.25) is 0 Å². The zero-order valence-corrected chi connectivity index (χ0v) is 31.3. The van der Waals surface area contributed by atoms with Crippen LogP contribution in [0.15, 0.2) is 49.6 Å². The first-order valence-corrected chi connectivity index (χ1v) is 22.0. The van der Waals surface area contributed by atoms with E-state index in [1.54, 1.807) is 6.20 Å². The number of fused-ring (bicyclic) bond motifs is 6. The molecule has 52 heavy (non-hydrogen) atoms. The van der Waals surface area contributed by atoms with Gasteiger partial charge in [0.25, 0.3) is 0 Å². The number of aromatic amines is 2. The summed E-state index contributed by atoms with van der Waals surface area (Å²) in [6.07, 6.45) is 20.7. The van der Waals surface area contributed by atoms with E-state index in [9.17, 15) is 16.8 Å². The number of unbranched alkanes of at least 4 members (excludes halogenated alkanes) is 2. The normalized spacial score (nSPS) is 27.0. The van der Waals surface area contributed by atoms with E-state index in [0.29, 0.717) is 17.9 Å². The minimum absolute atomic E-state index is 0. The number of nitrogens with one attached hydrogen (secondary N) is 2. The Morgan fingerprint density at radius 2 is 1.21 bits per heavy atom. The van der Waals surface area contributed by atoms with Gasteiger partial charge < -0.3 is 24.8 Å². The summed E-state index contributed by atoms with van der Waals surface area (Å²) in [6.45, 7) is 3.95. The Kier molecular flexibility index (Phi) is 9.07. The van der Waals surface area contributed by atoms with E-state index in [4.69, 9.17) is 16.4 Å². The lowest BCUT2D eigenvalue weighted by Crippen LogP contribution is -2.76. The molecular formula is C36H48ClN9O4S2. The van der Waals surface area contributed by atoms with E-state index in [0.717, 1.165) is 96.4 Å². The number of hydrogen-bond acceptors (Lipinski definition) is 9. The van der Waals surface area contributed by atoms with Gasteiger partial charge in [0.1, 0.15) is 22.3 Å². The van der Waals surface area contributed by atoms with Gasteiger partial charge in [0.2, 0.25) is 9.05 Å². The molecular weight excluding hydrogens is 722 g/mol. The molecule has 6 aromatic heterocycles. The molecule has 6 aromatic rings. The molecule has 0 aromatic carbocycles. The van der Waals surface area contributed by atoms with Crippen molar-refractivity contribution >= 4 is 73.7 Å². The summed E-state index contributed by atoms with van der Waals surface area (Å²) in [5, 5.41) is 2.24. The number of nitrogens with two attached hydrogens (primary N) is 1. The van der Waals surface area contributed by atoms with E-state index in [-0.39, 0.29) is 35.2 Å². The maximum absolute atomic E-state index is 12.3. The first-order valence-electron chi connectivity index (χ1n) is 17.7. The van der Waals surface area contributed by atoms with Gasteiger partial charge in [0.05, 0.1) is 58.9 Å². The second-order valence-corrected chi connectivity index (χ2v) is 20.7. The van der Waals surface area contributed by atoms with Crippen molar-refractivity contribution in [1.82, 2.24) is 39.0 Å². The Morgan fingerprint density at radius 1 is 0.750 bits per heavy atom. The average Bonchev–Trinajstić information content (AvgIpc) is 3.83. The van der Waals surface area contributed by atoms with Crippen molar-refractivity contribution in [3.05, 3.63) is 49.6 Å². The van der Waals surface area contributed by atoms with E-state index < -0.39 is 18.9 Å². The molecule has 0 aliphatic heterocycles. The molecule has 0 amide bonds. The quantitative estimate of drug-likeness (QED) is 0.131. The highest BCUT2D eigenvalue weighted by Gasteiger charge is 2.70. The molecule has 13 nitrogen and oxygen atoms in total. The molecule has 6 aliphatic rings. The van der Waals surface area contributed by atoms with Gasteiger partial charge in [-0.25, -0.2) is 36.8 Å². The van der Waals surface area contributed by atoms with Crippen LogP contribution in [0.3, 0.4) is 0 Å². The molecule has 6 saturated carbocycles. The van der Waals surface area contributed by atoms with E-state index in [1.165, 1.54) is 5.52 Å². The topological polar surface area (TPSA) is 187 Å². The molecule has 16 heteroatoms. The summed E-state index contributed by atoms with van der Waals surface area (Å²) in [5.41, 5.74) is 12.6. The number of halogens is 1. The summed E-state index contributed by atoms with van der Waals surface area (Å²) < 4.78 is 49.6. The maximum atomic E-state index is 12.3.